The van der Waals surface area contributed by atoms with E-state index in [9.17, 15) is 14.7 Å². The molecular formula is C25H30N2O6. The van der Waals surface area contributed by atoms with Gasteiger partial charge in [0.15, 0.2) is 11.5 Å². The van der Waals surface area contributed by atoms with Crippen molar-refractivity contribution in [2.45, 2.75) is 12.5 Å². The number of aliphatic hydroxyl groups is 1. The number of carbonyl (C=O) groups excluding carboxylic acids is 2. The lowest BCUT2D eigenvalue weighted by Gasteiger charge is -2.26. The Balaban J connectivity index is 2.15. The van der Waals surface area contributed by atoms with E-state index in [1.807, 2.05) is 19.0 Å². The average molecular weight is 455 g/mol. The Morgan fingerprint density at radius 1 is 1.00 bits per heavy atom. The van der Waals surface area contributed by atoms with Gasteiger partial charge in [0.25, 0.3) is 11.7 Å². The van der Waals surface area contributed by atoms with Crippen molar-refractivity contribution in [3.05, 3.63) is 59.2 Å². The number of methoxy groups -OCH3 is 3. The summed E-state index contributed by atoms with van der Waals surface area (Å²) < 4.78 is 16.0. The van der Waals surface area contributed by atoms with Crippen LogP contribution in [0.2, 0.25) is 0 Å². The molecule has 1 heterocycles. The Morgan fingerprint density at radius 2 is 1.73 bits per heavy atom. The molecule has 8 heteroatoms. The van der Waals surface area contributed by atoms with Gasteiger partial charge >= 0.3 is 0 Å². The Hall–Kier alpha value is -3.52. The van der Waals surface area contributed by atoms with Crippen molar-refractivity contribution in [1.29, 1.82) is 0 Å². The number of hydrogen-bond acceptors (Lipinski definition) is 7. The van der Waals surface area contributed by atoms with Crippen molar-refractivity contribution < 1.29 is 28.9 Å². The summed E-state index contributed by atoms with van der Waals surface area (Å²) in [6.45, 7) is 1.11. The fourth-order valence-electron chi connectivity index (χ4n) is 3.96. The van der Waals surface area contributed by atoms with Crippen molar-refractivity contribution in [3.8, 4) is 17.2 Å². The summed E-state index contributed by atoms with van der Waals surface area (Å²) in [6.07, 6.45) is 0.670. The van der Waals surface area contributed by atoms with Gasteiger partial charge in [-0.25, -0.2) is 0 Å². The molecule has 1 saturated heterocycles. The van der Waals surface area contributed by atoms with E-state index in [-0.39, 0.29) is 11.3 Å². The molecule has 0 spiro atoms. The summed E-state index contributed by atoms with van der Waals surface area (Å²) in [6, 6.07) is 11.2. The number of amides is 1. The van der Waals surface area contributed by atoms with Gasteiger partial charge in [0.05, 0.1) is 32.9 Å². The van der Waals surface area contributed by atoms with Gasteiger partial charge in [0.1, 0.15) is 11.5 Å². The van der Waals surface area contributed by atoms with E-state index in [1.54, 1.807) is 42.5 Å². The van der Waals surface area contributed by atoms with Gasteiger partial charge < -0.3 is 29.1 Å². The highest BCUT2D eigenvalue weighted by molar-refractivity contribution is 6.46. The second-order valence-electron chi connectivity index (χ2n) is 8.00. The minimum absolute atomic E-state index is 0.0327. The largest absolute Gasteiger partial charge is 0.507 e. The van der Waals surface area contributed by atoms with Crippen molar-refractivity contribution in [3.63, 3.8) is 0 Å². The van der Waals surface area contributed by atoms with E-state index in [2.05, 4.69) is 0 Å². The van der Waals surface area contributed by atoms with Crippen molar-refractivity contribution >= 4 is 17.4 Å². The van der Waals surface area contributed by atoms with Crippen LogP contribution in [0, 0.1) is 0 Å². The second kappa shape index (κ2) is 10.4. The number of rotatable bonds is 9. The standard InChI is InChI=1S/C25H30N2O6/c1-26(2)12-7-13-27-22(16-10-11-19(32-4)20(15-16)33-5)21(24(29)25(27)30)23(28)17-8-6-9-18(14-17)31-3/h6,8-11,14-15,22,28H,7,12-13H2,1-5H3/b23-21+/t22-/m0/s1. The first-order valence-corrected chi connectivity index (χ1v) is 10.6. The third-order valence-electron chi connectivity index (χ3n) is 5.61. The normalized spacial score (nSPS) is 17.5. The maximum Gasteiger partial charge on any atom is 0.295 e. The van der Waals surface area contributed by atoms with Crippen LogP contribution in [0.4, 0.5) is 0 Å². The molecule has 0 aromatic heterocycles. The van der Waals surface area contributed by atoms with Gasteiger partial charge in [0.2, 0.25) is 0 Å². The summed E-state index contributed by atoms with van der Waals surface area (Å²) in [5.74, 6) is -0.0871. The first-order chi connectivity index (χ1) is 15.8. The van der Waals surface area contributed by atoms with Crippen LogP contribution in [-0.4, -0.2) is 75.1 Å². The lowest BCUT2D eigenvalue weighted by molar-refractivity contribution is -0.139. The topological polar surface area (TPSA) is 88.5 Å². The molecule has 0 saturated carbocycles. The zero-order valence-electron chi connectivity index (χ0n) is 19.6. The quantitative estimate of drug-likeness (QED) is 0.354. The summed E-state index contributed by atoms with van der Waals surface area (Å²) in [4.78, 5) is 29.7. The first kappa shape index (κ1) is 24.1. The number of benzene rings is 2. The van der Waals surface area contributed by atoms with Crippen LogP contribution in [0.1, 0.15) is 23.6 Å². The van der Waals surface area contributed by atoms with Gasteiger partial charge in [-0.05, 0) is 56.9 Å². The smallest absolute Gasteiger partial charge is 0.295 e. The number of Topliss-reactive ketones (excluding diaryl/α,β-unsaturated/α-hetero) is 1. The van der Waals surface area contributed by atoms with E-state index >= 15 is 0 Å². The van der Waals surface area contributed by atoms with Crippen LogP contribution in [0.15, 0.2) is 48.0 Å². The molecule has 1 atom stereocenters. The molecule has 8 nitrogen and oxygen atoms in total. The second-order valence-corrected chi connectivity index (χ2v) is 8.00. The summed E-state index contributed by atoms with van der Waals surface area (Å²) >= 11 is 0. The van der Waals surface area contributed by atoms with Gasteiger partial charge in [-0.15, -0.1) is 0 Å². The summed E-state index contributed by atoms with van der Waals surface area (Å²) in [7, 11) is 8.47. The molecular weight excluding hydrogens is 424 g/mol. The number of ether oxygens (including phenoxy) is 3. The predicted molar refractivity (Wildman–Crippen MR) is 125 cm³/mol. The molecule has 0 radical (unpaired) electrons. The zero-order chi connectivity index (χ0) is 24.1. The molecule has 1 aliphatic heterocycles. The fourth-order valence-corrected chi connectivity index (χ4v) is 3.96. The molecule has 0 aliphatic carbocycles. The predicted octanol–water partition coefficient (Wildman–Crippen LogP) is 3.09. The minimum atomic E-state index is -0.766. The van der Waals surface area contributed by atoms with E-state index in [0.717, 1.165) is 6.54 Å². The highest BCUT2D eigenvalue weighted by Crippen LogP contribution is 2.42. The number of nitrogens with zero attached hydrogens (tertiary/aromatic N) is 2. The van der Waals surface area contributed by atoms with Crippen LogP contribution >= 0.6 is 0 Å². The molecule has 176 valence electrons. The SMILES string of the molecule is COc1cccc(/C(O)=C2\C(=O)C(=O)N(CCCN(C)C)[C@H]2c2ccc(OC)c(OC)c2)c1. The molecule has 0 bridgehead atoms. The lowest BCUT2D eigenvalue weighted by Crippen LogP contribution is -2.32. The van der Waals surface area contributed by atoms with Crippen LogP contribution < -0.4 is 14.2 Å². The first-order valence-electron chi connectivity index (χ1n) is 10.6. The van der Waals surface area contributed by atoms with Gasteiger partial charge in [-0.2, -0.15) is 0 Å². The third kappa shape index (κ3) is 4.96. The Bertz CT molecular complexity index is 1060. The van der Waals surface area contributed by atoms with Crippen molar-refractivity contribution in [2.24, 2.45) is 0 Å². The molecule has 1 amide bonds. The van der Waals surface area contributed by atoms with Gasteiger partial charge in [-0.1, -0.05) is 18.2 Å². The molecule has 1 fully saturated rings. The fraction of sp³-hybridized carbons (Fsp3) is 0.360. The number of likely N-dealkylation sites (tertiary alicyclic amines) is 1. The third-order valence-corrected chi connectivity index (χ3v) is 5.61. The highest BCUT2D eigenvalue weighted by Gasteiger charge is 2.46. The molecule has 2 aromatic rings. The molecule has 33 heavy (non-hydrogen) atoms. The number of aliphatic hydroxyl groups excluding tert-OH is 1. The average Bonchev–Trinajstić information content (AvgIpc) is 3.07. The molecule has 3 rings (SSSR count). The van der Waals surface area contributed by atoms with Gasteiger partial charge in [-0.3, -0.25) is 9.59 Å². The van der Waals surface area contributed by atoms with Gasteiger partial charge in [0, 0.05) is 12.1 Å². The Kier molecular flexibility index (Phi) is 7.60. The lowest BCUT2D eigenvalue weighted by atomic mass is 9.95. The summed E-state index contributed by atoms with van der Waals surface area (Å²) in [5, 5.41) is 11.2. The van der Waals surface area contributed by atoms with E-state index < -0.39 is 17.7 Å². The van der Waals surface area contributed by atoms with Crippen molar-refractivity contribution in [1.82, 2.24) is 9.80 Å². The Morgan fingerprint density at radius 3 is 2.36 bits per heavy atom. The monoisotopic (exact) mass is 454 g/mol. The number of carbonyl (C=O) groups is 2. The highest BCUT2D eigenvalue weighted by atomic mass is 16.5. The van der Waals surface area contributed by atoms with Crippen molar-refractivity contribution in [2.75, 3.05) is 48.5 Å². The molecule has 0 unspecified atom stereocenters. The Labute approximate surface area is 194 Å². The van der Waals surface area contributed by atoms with Crippen LogP contribution in [0.5, 0.6) is 17.2 Å². The van der Waals surface area contributed by atoms with Crippen LogP contribution in [0.3, 0.4) is 0 Å². The maximum absolute atomic E-state index is 13.1. The van der Waals surface area contributed by atoms with E-state index in [4.69, 9.17) is 14.2 Å². The van der Waals surface area contributed by atoms with E-state index in [1.165, 1.54) is 26.2 Å². The molecule has 1 aliphatic rings. The molecule has 2 aromatic carbocycles. The minimum Gasteiger partial charge on any atom is -0.507 e. The number of ketones is 1. The zero-order valence-corrected chi connectivity index (χ0v) is 19.6. The van der Waals surface area contributed by atoms with E-state index in [0.29, 0.717) is 41.3 Å². The van der Waals surface area contributed by atoms with Crippen LogP contribution in [-0.2, 0) is 9.59 Å². The number of hydrogen-bond donors (Lipinski definition) is 1. The molecule has 1 N–H and O–H groups in total. The maximum atomic E-state index is 13.1. The summed E-state index contributed by atoms with van der Waals surface area (Å²) in [5.41, 5.74) is 1.07. The van der Waals surface area contributed by atoms with Crippen LogP contribution in [0.25, 0.3) is 5.76 Å².